The first-order valence-corrected chi connectivity index (χ1v) is 6.66. The Bertz CT molecular complexity index is 415. The summed E-state index contributed by atoms with van der Waals surface area (Å²) in [5.41, 5.74) is 0. The molecule has 2 rings (SSSR count). The molecule has 1 aliphatic heterocycles. The van der Waals surface area contributed by atoms with E-state index in [-0.39, 0.29) is 36.0 Å². The van der Waals surface area contributed by atoms with Crippen molar-refractivity contribution >= 4 is 17.8 Å². The SMILES string of the molecule is CC(C)C[C@@H](C(=O)[O-])N1C(=O)[C@H]2CC=CC[C@H]2C1=O. The molecule has 0 spiro atoms. The summed E-state index contributed by atoms with van der Waals surface area (Å²) in [6, 6.07) is -1.13. The molecule has 2 amide bonds. The zero-order valence-corrected chi connectivity index (χ0v) is 11.2. The highest BCUT2D eigenvalue weighted by Gasteiger charge is 2.49. The van der Waals surface area contributed by atoms with E-state index in [4.69, 9.17) is 0 Å². The highest BCUT2D eigenvalue weighted by molar-refractivity contribution is 6.07. The molecule has 0 unspecified atom stereocenters. The van der Waals surface area contributed by atoms with Gasteiger partial charge in [0.2, 0.25) is 11.8 Å². The molecule has 0 radical (unpaired) electrons. The Labute approximate surface area is 112 Å². The lowest BCUT2D eigenvalue weighted by atomic mass is 9.85. The third-order valence-electron chi connectivity index (χ3n) is 3.82. The topological polar surface area (TPSA) is 77.5 Å². The maximum atomic E-state index is 12.3. The van der Waals surface area contributed by atoms with Crippen LogP contribution in [0.4, 0.5) is 0 Å². The van der Waals surface area contributed by atoms with E-state index in [1.54, 1.807) is 0 Å². The summed E-state index contributed by atoms with van der Waals surface area (Å²) >= 11 is 0. The van der Waals surface area contributed by atoms with Crippen LogP contribution in [0.3, 0.4) is 0 Å². The van der Waals surface area contributed by atoms with Crippen LogP contribution in [0.5, 0.6) is 0 Å². The zero-order chi connectivity index (χ0) is 14.2. The normalized spacial score (nSPS) is 27.8. The van der Waals surface area contributed by atoms with E-state index < -0.39 is 12.0 Å². The number of nitrogens with zero attached hydrogens (tertiary/aromatic N) is 1. The van der Waals surface area contributed by atoms with E-state index in [9.17, 15) is 19.5 Å². The first-order valence-electron chi connectivity index (χ1n) is 6.66. The summed E-state index contributed by atoms with van der Waals surface area (Å²) < 4.78 is 0. The molecule has 1 fully saturated rings. The third kappa shape index (κ3) is 2.41. The average molecular weight is 264 g/mol. The predicted octanol–water partition coefficient (Wildman–Crippen LogP) is 0.102. The van der Waals surface area contributed by atoms with Gasteiger partial charge in [-0.3, -0.25) is 14.5 Å². The lowest BCUT2D eigenvalue weighted by molar-refractivity contribution is -0.311. The van der Waals surface area contributed by atoms with Crippen LogP contribution >= 0.6 is 0 Å². The second-order valence-corrected chi connectivity index (χ2v) is 5.67. The van der Waals surface area contributed by atoms with E-state index >= 15 is 0 Å². The fourth-order valence-electron chi connectivity index (χ4n) is 2.89. The summed E-state index contributed by atoms with van der Waals surface area (Å²) in [4.78, 5) is 36.7. The molecular weight excluding hydrogens is 246 g/mol. The monoisotopic (exact) mass is 264 g/mol. The number of allylic oxidation sites excluding steroid dienone is 2. The van der Waals surface area contributed by atoms with Gasteiger partial charge >= 0.3 is 0 Å². The number of carbonyl (C=O) groups is 3. The Morgan fingerprint density at radius 2 is 1.74 bits per heavy atom. The second kappa shape index (κ2) is 5.15. The Morgan fingerprint density at radius 3 is 2.11 bits per heavy atom. The molecule has 0 N–H and O–H groups in total. The lowest BCUT2D eigenvalue weighted by Gasteiger charge is -2.28. The number of likely N-dealkylation sites (tertiary alicyclic amines) is 1. The number of carboxylic acids is 1. The largest absolute Gasteiger partial charge is 0.548 e. The van der Waals surface area contributed by atoms with Crippen LogP contribution in [0.1, 0.15) is 33.1 Å². The van der Waals surface area contributed by atoms with Crippen LogP contribution in [0.2, 0.25) is 0 Å². The molecule has 0 aromatic carbocycles. The average Bonchev–Trinajstić information content (AvgIpc) is 2.60. The number of rotatable bonds is 4. The molecule has 104 valence electrons. The van der Waals surface area contributed by atoms with Crippen molar-refractivity contribution in [2.45, 2.75) is 39.2 Å². The molecular formula is C14H18NO4-. The predicted molar refractivity (Wildman–Crippen MR) is 65.5 cm³/mol. The van der Waals surface area contributed by atoms with Gasteiger partial charge in [0.25, 0.3) is 0 Å². The number of amides is 2. The van der Waals surface area contributed by atoms with Crippen LogP contribution in [-0.4, -0.2) is 28.7 Å². The van der Waals surface area contributed by atoms with Gasteiger partial charge in [-0.2, -0.15) is 0 Å². The van der Waals surface area contributed by atoms with Gasteiger partial charge in [-0.25, -0.2) is 0 Å². The first kappa shape index (κ1) is 13.8. The van der Waals surface area contributed by atoms with E-state index in [1.807, 2.05) is 26.0 Å². The molecule has 0 saturated carbocycles. The highest BCUT2D eigenvalue weighted by atomic mass is 16.4. The van der Waals surface area contributed by atoms with Crippen molar-refractivity contribution in [3.8, 4) is 0 Å². The number of carbonyl (C=O) groups excluding carboxylic acids is 3. The molecule has 1 heterocycles. The van der Waals surface area contributed by atoms with E-state index in [2.05, 4.69) is 0 Å². The van der Waals surface area contributed by atoms with Crippen molar-refractivity contribution in [3.05, 3.63) is 12.2 Å². The summed E-state index contributed by atoms with van der Waals surface area (Å²) in [6.45, 7) is 3.71. The van der Waals surface area contributed by atoms with Gasteiger partial charge in [0.05, 0.1) is 23.8 Å². The van der Waals surface area contributed by atoms with Gasteiger partial charge < -0.3 is 9.90 Å². The molecule has 5 nitrogen and oxygen atoms in total. The van der Waals surface area contributed by atoms with Crippen molar-refractivity contribution in [1.82, 2.24) is 4.90 Å². The lowest BCUT2D eigenvalue weighted by Crippen LogP contribution is -2.51. The summed E-state index contributed by atoms with van der Waals surface area (Å²) in [7, 11) is 0. The highest BCUT2D eigenvalue weighted by Crippen LogP contribution is 2.36. The van der Waals surface area contributed by atoms with Crippen molar-refractivity contribution in [3.63, 3.8) is 0 Å². The maximum absolute atomic E-state index is 12.3. The standard InChI is InChI=1S/C14H19NO4/c1-8(2)7-11(14(18)19)15-12(16)9-5-3-4-6-10(9)13(15)17/h3-4,8-11H,5-7H2,1-2H3,(H,18,19)/p-1/t9-,10+,11-/m0/s1. The van der Waals surface area contributed by atoms with Crippen LogP contribution in [0.25, 0.3) is 0 Å². The van der Waals surface area contributed by atoms with Crippen LogP contribution in [0.15, 0.2) is 12.2 Å². The van der Waals surface area contributed by atoms with Crippen LogP contribution < -0.4 is 5.11 Å². The minimum atomic E-state index is -1.35. The molecule has 1 saturated heterocycles. The van der Waals surface area contributed by atoms with Gasteiger partial charge in [0.1, 0.15) is 0 Å². The van der Waals surface area contributed by atoms with E-state index in [0.29, 0.717) is 12.8 Å². The van der Waals surface area contributed by atoms with Crippen molar-refractivity contribution < 1.29 is 19.5 Å². The number of imide groups is 1. The fraction of sp³-hybridized carbons (Fsp3) is 0.643. The quantitative estimate of drug-likeness (QED) is 0.533. The van der Waals surface area contributed by atoms with Gasteiger partial charge in [-0.15, -0.1) is 0 Å². The number of aliphatic carboxylic acids is 1. The number of fused-ring (bicyclic) bond motifs is 1. The van der Waals surface area contributed by atoms with E-state index in [1.165, 1.54) is 0 Å². The Kier molecular flexibility index (Phi) is 3.73. The third-order valence-corrected chi connectivity index (χ3v) is 3.82. The molecule has 0 aromatic heterocycles. The van der Waals surface area contributed by atoms with Crippen molar-refractivity contribution in [2.24, 2.45) is 17.8 Å². The molecule has 0 bridgehead atoms. The minimum absolute atomic E-state index is 0.0734. The molecule has 5 heteroatoms. The molecule has 0 aromatic rings. The maximum Gasteiger partial charge on any atom is 0.234 e. The molecule has 2 aliphatic rings. The Morgan fingerprint density at radius 1 is 1.26 bits per heavy atom. The van der Waals surface area contributed by atoms with Gasteiger partial charge in [-0.05, 0) is 25.2 Å². The number of hydrogen-bond donors (Lipinski definition) is 0. The molecule has 1 aliphatic carbocycles. The van der Waals surface area contributed by atoms with Crippen molar-refractivity contribution in [2.75, 3.05) is 0 Å². The number of hydrogen-bond acceptors (Lipinski definition) is 4. The minimum Gasteiger partial charge on any atom is -0.548 e. The van der Waals surface area contributed by atoms with E-state index in [0.717, 1.165) is 4.90 Å². The van der Waals surface area contributed by atoms with Gasteiger partial charge in [-0.1, -0.05) is 26.0 Å². The van der Waals surface area contributed by atoms with Crippen LogP contribution in [0, 0.1) is 17.8 Å². The molecule has 3 atom stereocenters. The molecule has 19 heavy (non-hydrogen) atoms. The van der Waals surface area contributed by atoms with Gasteiger partial charge in [0, 0.05) is 0 Å². The summed E-state index contributed by atoms with van der Waals surface area (Å²) in [5.74, 6) is -2.74. The Hall–Kier alpha value is -1.65. The summed E-state index contributed by atoms with van der Waals surface area (Å²) in [5, 5.41) is 11.2. The van der Waals surface area contributed by atoms with Gasteiger partial charge in [0.15, 0.2) is 0 Å². The zero-order valence-electron chi connectivity index (χ0n) is 11.2. The first-order chi connectivity index (χ1) is 8.93. The smallest absolute Gasteiger partial charge is 0.234 e. The number of carboxylic acid groups (broad SMARTS) is 1. The summed E-state index contributed by atoms with van der Waals surface area (Å²) in [6.07, 6.45) is 5.05. The fourth-order valence-corrected chi connectivity index (χ4v) is 2.89. The Balaban J connectivity index is 2.26. The van der Waals surface area contributed by atoms with Crippen LogP contribution in [-0.2, 0) is 14.4 Å². The second-order valence-electron chi connectivity index (χ2n) is 5.67. The van der Waals surface area contributed by atoms with Crippen molar-refractivity contribution in [1.29, 1.82) is 0 Å².